The summed E-state index contributed by atoms with van der Waals surface area (Å²) in [6, 6.07) is 0.639. The molecule has 2 N–H and O–H groups in total. The van der Waals surface area contributed by atoms with Crippen LogP contribution in [0.4, 0.5) is 0 Å². The fraction of sp³-hybridized carbons (Fsp3) is 1.00. The van der Waals surface area contributed by atoms with Gasteiger partial charge in [0.2, 0.25) is 0 Å². The zero-order valence-electron chi connectivity index (χ0n) is 7.99. The second-order valence-electron chi connectivity index (χ2n) is 1.95. The van der Waals surface area contributed by atoms with Crippen molar-refractivity contribution in [1.82, 2.24) is 10.6 Å². The Balaban J connectivity index is 0. The van der Waals surface area contributed by atoms with Gasteiger partial charge in [-0.25, -0.2) is 0 Å². The summed E-state index contributed by atoms with van der Waals surface area (Å²) >= 11 is 0. The molecule has 0 aliphatic rings. The summed E-state index contributed by atoms with van der Waals surface area (Å²) in [5, 5.41) is 6.30. The lowest BCUT2D eigenvalue weighted by molar-refractivity contribution is 0.519. The van der Waals surface area contributed by atoms with Crippen molar-refractivity contribution in [3.63, 3.8) is 0 Å². The molecule has 0 saturated carbocycles. The summed E-state index contributed by atoms with van der Waals surface area (Å²) in [6.07, 6.45) is 1.19. The van der Waals surface area contributed by atoms with Crippen molar-refractivity contribution in [3.8, 4) is 0 Å². The quantitative estimate of drug-likeness (QED) is 0.623. The Morgan fingerprint density at radius 3 is 1.80 bits per heavy atom. The van der Waals surface area contributed by atoms with Crippen LogP contribution in [0.3, 0.4) is 0 Å². The van der Waals surface area contributed by atoms with Crippen LogP contribution in [0, 0.1) is 0 Å². The fourth-order valence-corrected chi connectivity index (χ4v) is 0.697. The summed E-state index contributed by atoms with van der Waals surface area (Å²) < 4.78 is 0. The number of likely N-dealkylation sites (N-methyl/N-ethyl adjacent to an activating group) is 2. The van der Waals surface area contributed by atoms with Crippen molar-refractivity contribution in [3.05, 3.63) is 0 Å². The van der Waals surface area contributed by atoms with Crippen molar-refractivity contribution in [2.75, 3.05) is 20.6 Å². The van der Waals surface area contributed by atoms with Crippen LogP contribution in [0.25, 0.3) is 0 Å². The first-order chi connectivity index (χ1) is 4.85. The van der Waals surface area contributed by atoms with Gasteiger partial charge in [-0.05, 0) is 20.5 Å². The van der Waals surface area contributed by atoms with Gasteiger partial charge in [0, 0.05) is 12.6 Å². The van der Waals surface area contributed by atoms with Crippen molar-refractivity contribution in [2.24, 2.45) is 0 Å². The highest BCUT2D eigenvalue weighted by Gasteiger charge is 1.97. The largest absolute Gasteiger partial charge is 0.318 e. The van der Waals surface area contributed by atoms with Gasteiger partial charge >= 0.3 is 0 Å². The van der Waals surface area contributed by atoms with E-state index in [0.29, 0.717) is 6.04 Å². The van der Waals surface area contributed by atoms with Crippen LogP contribution in [0.2, 0.25) is 0 Å². The first-order valence-electron chi connectivity index (χ1n) is 4.17. The monoisotopic (exact) mass is 146 g/mol. The third-order valence-electron chi connectivity index (χ3n) is 1.35. The summed E-state index contributed by atoms with van der Waals surface area (Å²) in [5.41, 5.74) is 0. The molecule has 1 atom stereocenters. The average molecular weight is 146 g/mol. The van der Waals surface area contributed by atoms with Gasteiger partial charge in [0.15, 0.2) is 0 Å². The summed E-state index contributed by atoms with van der Waals surface area (Å²) in [7, 11) is 3.96. The molecule has 0 amide bonds. The van der Waals surface area contributed by atoms with E-state index in [1.165, 1.54) is 6.42 Å². The number of rotatable bonds is 4. The molecule has 0 heterocycles. The standard InChI is InChI=1S/C6H16N2.C2H6/c1-4-6(8-3)5-7-2;1-2/h6-8H,4-5H2,1-3H3;1-2H3. The molecule has 2 nitrogen and oxygen atoms in total. The molecule has 0 aromatic heterocycles. The minimum atomic E-state index is 0.639. The van der Waals surface area contributed by atoms with E-state index in [1.807, 2.05) is 27.9 Å². The van der Waals surface area contributed by atoms with Crippen molar-refractivity contribution < 1.29 is 0 Å². The van der Waals surface area contributed by atoms with E-state index >= 15 is 0 Å². The van der Waals surface area contributed by atoms with Crippen LogP contribution in [0.5, 0.6) is 0 Å². The zero-order chi connectivity index (χ0) is 8.41. The lowest BCUT2D eigenvalue weighted by atomic mass is 10.2. The molecule has 0 spiro atoms. The molecule has 0 rings (SSSR count). The van der Waals surface area contributed by atoms with E-state index in [-0.39, 0.29) is 0 Å². The molecule has 10 heavy (non-hydrogen) atoms. The molecule has 0 saturated heterocycles. The van der Waals surface area contributed by atoms with Gasteiger partial charge in [-0.1, -0.05) is 20.8 Å². The van der Waals surface area contributed by atoms with Crippen LogP contribution >= 0.6 is 0 Å². The molecule has 0 aromatic rings. The lowest BCUT2D eigenvalue weighted by Crippen LogP contribution is -2.34. The highest BCUT2D eigenvalue weighted by molar-refractivity contribution is 4.62. The number of hydrogen-bond donors (Lipinski definition) is 2. The Kier molecular flexibility index (Phi) is 14.7. The minimum Gasteiger partial charge on any atom is -0.318 e. The molecule has 1 unspecified atom stereocenters. The SMILES string of the molecule is CC.CCC(CNC)NC. The molecule has 0 aliphatic carbocycles. The third kappa shape index (κ3) is 7.92. The first kappa shape index (κ1) is 12.6. The van der Waals surface area contributed by atoms with E-state index < -0.39 is 0 Å². The van der Waals surface area contributed by atoms with Gasteiger partial charge in [0.25, 0.3) is 0 Å². The van der Waals surface area contributed by atoms with E-state index in [9.17, 15) is 0 Å². The van der Waals surface area contributed by atoms with Gasteiger partial charge < -0.3 is 10.6 Å². The molecular formula is C8H22N2. The Labute approximate surface area is 65.4 Å². The number of nitrogens with one attached hydrogen (secondary N) is 2. The van der Waals surface area contributed by atoms with Crippen LogP contribution < -0.4 is 10.6 Å². The smallest absolute Gasteiger partial charge is 0.0186 e. The molecule has 0 fully saturated rings. The van der Waals surface area contributed by atoms with E-state index in [4.69, 9.17) is 0 Å². The second kappa shape index (κ2) is 11.7. The normalized spacial score (nSPS) is 11.7. The highest BCUT2D eigenvalue weighted by Crippen LogP contribution is 1.84. The lowest BCUT2D eigenvalue weighted by Gasteiger charge is -2.11. The topological polar surface area (TPSA) is 24.1 Å². The van der Waals surface area contributed by atoms with Crippen molar-refractivity contribution in [1.29, 1.82) is 0 Å². The third-order valence-corrected chi connectivity index (χ3v) is 1.35. The first-order valence-corrected chi connectivity index (χ1v) is 4.17. The maximum atomic E-state index is 3.19. The van der Waals surface area contributed by atoms with Gasteiger partial charge in [-0.3, -0.25) is 0 Å². The van der Waals surface area contributed by atoms with Gasteiger partial charge in [-0.15, -0.1) is 0 Å². The molecule has 0 bridgehead atoms. The fourth-order valence-electron chi connectivity index (χ4n) is 0.697. The van der Waals surface area contributed by atoms with Crippen molar-refractivity contribution >= 4 is 0 Å². The van der Waals surface area contributed by atoms with Crippen LogP contribution in [0.15, 0.2) is 0 Å². The molecule has 64 valence electrons. The molecule has 2 heteroatoms. The second-order valence-corrected chi connectivity index (χ2v) is 1.95. The number of hydrogen-bond acceptors (Lipinski definition) is 2. The summed E-state index contributed by atoms with van der Waals surface area (Å²) in [5.74, 6) is 0. The predicted molar refractivity (Wildman–Crippen MR) is 48.4 cm³/mol. The van der Waals surface area contributed by atoms with Crippen molar-refractivity contribution in [2.45, 2.75) is 33.2 Å². The highest BCUT2D eigenvalue weighted by atomic mass is 14.9. The predicted octanol–water partition coefficient (Wildman–Crippen LogP) is 1.23. The zero-order valence-corrected chi connectivity index (χ0v) is 7.99. The minimum absolute atomic E-state index is 0.639. The Bertz CT molecular complexity index is 42.5. The average Bonchev–Trinajstić information content (AvgIpc) is 2.04. The molecule has 0 radical (unpaired) electrons. The van der Waals surface area contributed by atoms with Gasteiger partial charge in [0.1, 0.15) is 0 Å². The van der Waals surface area contributed by atoms with E-state index in [0.717, 1.165) is 6.54 Å². The Morgan fingerprint density at radius 1 is 1.20 bits per heavy atom. The molecule has 0 aromatic carbocycles. The Morgan fingerprint density at radius 2 is 1.70 bits per heavy atom. The maximum absolute atomic E-state index is 3.19. The molecular weight excluding hydrogens is 124 g/mol. The van der Waals surface area contributed by atoms with Crippen LogP contribution in [-0.2, 0) is 0 Å². The maximum Gasteiger partial charge on any atom is 0.0186 e. The van der Waals surface area contributed by atoms with E-state index in [2.05, 4.69) is 17.6 Å². The van der Waals surface area contributed by atoms with Crippen LogP contribution in [-0.4, -0.2) is 26.7 Å². The van der Waals surface area contributed by atoms with Gasteiger partial charge in [-0.2, -0.15) is 0 Å². The summed E-state index contributed by atoms with van der Waals surface area (Å²) in [6.45, 7) is 7.24. The summed E-state index contributed by atoms with van der Waals surface area (Å²) in [4.78, 5) is 0. The van der Waals surface area contributed by atoms with Crippen LogP contribution in [0.1, 0.15) is 27.2 Å². The Hall–Kier alpha value is -0.0800. The molecule has 0 aliphatic heterocycles. The van der Waals surface area contributed by atoms with Gasteiger partial charge in [0.05, 0.1) is 0 Å². The van der Waals surface area contributed by atoms with E-state index in [1.54, 1.807) is 0 Å².